The molecule has 0 aromatic heterocycles. The number of alkyl halides is 2. The van der Waals surface area contributed by atoms with E-state index >= 15 is 0 Å². The normalized spacial score (nSPS) is 40.6. The molecule has 0 N–H and O–H groups in total. The molecule has 0 heterocycles. The summed E-state index contributed by atoms with van der Waals surface area (Å²) in [5.41, 5.74) is 0.513. The third-order valence-electron chi connectivity index (χ3n) is 4.09. The second-order valence-corrected chi connectivity index (χ2v) is 10.7. The van der Waals surface area contributed by atoms with Crippen LogP contribution in [0.25, 0.3) is 0 Å². The predicted octanol–water partition coefficient (Wildman–Crippen LogP) is 6.34. The van der Waals surface area contributed by atoms with Gasteiger partial charge >= 0.3 is 0 Å². The number of halogens is 2. The van der Waals surface area contributed by atoms with E-state index in [1.165, 1.54) is 38.5 Å². The van der Waals surface area contributed by atoms with Gasteiger partial charge in [-0.05, 0) is 44.4 Å². The third-order valence-corrected chi connectivity index (χ3v) is 5.33. The standard InChI is InChI=1S/C15H28ClI/c1-13(2)8-5-6-11-15(4,17)12-14(3,16)10-7-9-13/h5-12H2,1-4H3. The molecule has 0 nitrogen and oxygen atoms in total. The van der Waals surface area contributed by atoms with Gasteiger partial charge in [0.2, 0.25) is 0 Å². The van der Waals surface area contributed by atoms with Crippen molar-refractivity contribution in [3.8, 4) is 0 Å². The summed E-state index contributed by atoms with van der Waals surface area (Å²) in [5.74, 6) is 0. The van der Waals surface area contributed by atoms with Crippen LogP contribution in [0.2, 0.25) is 0 Å². The van der Waals surface area contributed by atoms with Gasteiger partial charge in [0.15, 0.2) is 0 Å². The van der Waals surface area contributed by atoms with Crippen molar-refractivity contribution in [2.45, 2.75) is 87.4 Å². The first-order valence-electron chi connectivity index (χ1n) is 7.00. The third kappa shape index (κ3) is 6.66. The van der Waals surface area contributed by atoms with E-state index in [0.717, 1.165) is 12.8 Å². The van der Waals surface area contributed by atoms with E-state index in [4.69, 9.17) is 11.6 Å². The molecule has 0 aromatic carbocycles. The monoisotopic (exact) mass is 370 g/mol. The van der Waals surface area contributed by atoms with Gasteiger partial charge in [0.05, 0.1) is 0 Å². The van der Waals surface area contributed by atoms with E-state index in [2.05, 4.69) is 50.3 Å². The van der Waals surface area contributed by atoms with Crippen LogP contribution in [0.15, 0.2) is 0 Å². The molecule has 0 saturated heterocycles. The molecule has 17 heavy (non-hydrogen) atoms. The van der Waals surface area contributed by atoms with Crippen LogP contribution in [-0.2, 0) is 0 Å². The van der Waals surface area contributed by atoms with Crippen LogP contribution in [0.5, 0.6) is 0 Å². The molecule has 1 fully saturated rings. The van der Waals surface area contributed by atoms with Gasteiger partial charge < -0.3 is 0 Å². The fourth-order valence-electron chi connectivity index (χ4n) is 3.10. The van der Waals surface area contributed by atoms with Crippen molar-refractivity contribution in [2.24, 2.45) is 5.41 Å². The van der Waals surface area contributed by atoms with E-state index in [1.807, 2.05) is 0 Å². The summed E-state index contributed by atoms with van der Waals surface area (Å²) in [6.07, 6.45) is 10.3. The van der Waals surface area contributed by atoms with E-state index in [0.29, 0.717) is 8.84 Å². The average Bonchev–Trinajstić information content (AvgIpc) is 2.10. The SMILES string of the molecule is CC1(C)CCCCC(C)(I)CC(C)(Cl)CCC1. The maximum Gasteiger partial charge on any atom is 0.0431 e. The van der Waals surface area contributed by atoms with Gasteiger partial charge in [-0.2, -0.15) is 0 Å². The molecule has 102 valence electrons. The highest BCUT2D eigenvalue weighted by Gasteiger charge is 2.33. The summed E-state index contributed by atoms with van der Waals surface area (Å²) in [7, 11) is 0. The Bertz CT molecular complexity index is 243. The lowest BCUT2D eigenvalue weighted by Crippen LogP contribution is -2.29. The lowest BCUT2D eigenvalue weighted by atomic mass is 9.81. The Morgan fingerprint density at radius 2 is 1.35 bits per heavy atom. The van der Waals surface area contributed by atoms with Gasteiger partial charge in [-0.1, -0.05) is 62.6 Å². The van der Waals surface area contributed by atoms with Gasteiger partial charge in [-0.3, -0.25) is 0 Å². The highest BCUT2D eigenvalue weighted by atomic mass is 127. The summed E-state index contributed by atoms with van der Waals surface area (Å²) in [4.78, 5) is -0.00361. The molecule has 0 radical (unpaired) electrons. The number of hydrogen-bond acceptors (Lipinski definition) is 0. The first-order chi connectivity index (χ1) is 7.62. The van der Waals surface area contributed by atoms with E-state index in [-0.39, 0.29) is 4.87 Å². The van der Waals surface area contributed by atoms with Crippen LogP contribution >= 0.6 is 34.2 Å². The molecular weight excluding hydrogens is 343 g/mol. The Labute approximate surface area is 126 Å². The molecule has 0 aromatic rings. The zero-order valence-corrected chi connectivity index (χ0v) is 14.8. The van der Waals surface area contributed by atoms with Crippen molar-refractivity contribution >= 4 is 34.2 Å². The summed E-state index contributed by atoms with van der Waals surface area (Å²) < 4.78 is 0.378. The van der Waals surface area contributed by atoms with E-state index in [1.54, 1.807) is 0 Å². The summed E-state index contributed by atoms with van der Waals surface area (Å²) in [6, 6.07) is 0. The molecule has 1 aliphatic rings. The molecule has 2 heteroatoms. The van der Waals surface area contributed by atoms with Gasteiger partial charge in [-0.15, -0.1) is 11.6 Å². The van der Waals surface area contributed by atoms with Crippen LogP contribution in [-0.4, -0.2) is 8.30 Å². The van der Waals surface area contributed by atoms with Crippen LogP contribution in [0.3, 0.4) is 0 Å². The molecule has 1 saturated carbocycles. The molecule has 1 rings (SSSR count). The largest absolute Gasteiger partial charge is 0.120 e. The van der Waals surface area contributed by atoms with Gasteiger partial charge in [0.1, 0.15) is 0 Å². The Balaban J connectivity index is 2.68. The smallest absolute Gasteiger partial charge is 0.0431 e. The van der Waals surface area contributed by atoms with E-state index < -0.39 is 0 Å². The second-order valence-electron chi connectivity index (χ2n) is 7.23. The fourth-order valence-corrected chi connectivity index (χ4v) is 4.98. The van der Waals surface area contributed by atoms with Crippen molar-refractivity contribution in [2.75, 3.05) is 0 Å². The van der Waals surface area contributed by atoms with Crippen LogP contribution in [0, 0.1) is 5.41 Å². The molecule has 0 bridgehead atoms. The minimum absolute atomic E-state index is 0.00361. The Morgan fingerprint density at radius 1 is 0.824 bits per heavy atom. The summed E-state index contributed by atoms with van der Waals surface area (Å²) in [5, 5.41) is 0. The topological polar surface area (TPSA) is 0 Å². The molecule has 2 unspecified atom stereocenters. The van der Waals surface area contributed by atoms with Crippen molar-refractivity contribution < 1.29 is 0 Å². The van der Waals surface area contributed by atoms with Gasteiger partial charge in [0.25, 0.3) is 0 Å². The highest BCUT2D eigenvalue weighted by molar-refractivity contribution is 14.1. The zero-order chi connectivity index (χ0) is 13.2. The lowest BCUT2D eigenvalue weighted by molar-refractivity contribution is 0.283. The maximum absolute atomic E-state index is 6.70. The fraction of sp³-hybridized carbons (Fsp3) is 1.00. The van der Waals surface area contributed by atoms with Crippen molar-refractivity contribution in [1.82, 2.24) is 0 Å². The first kappa shape index (κ1) is 16.1. The minimum Gasteiger partial charge on any atom is -0.120 e. The highest BCUT2D eigenvalue weighted by Crippen LogP contribution is 2.42. The Hall–Kier alpha value is 1.02. The average molecular weight is 371 g/mol. The molecule has 0 aliphatic heterocycles. The van der Waals surface area contributed by atoms with Gasteiger partial charge in [-0.25, -0.2) is 0 Å². The van der Waals surface area contributed by atoms with E-state index in [9.17, 15) is 0 Å². The number of rotatable bonds is 0. The lowest BCUT2D eigenvalue weighted by Gasteiger charge is -2.32. The van der Waals surface area contributed by atoms with Crippen molar-refractivity contribution in [3.05, 3.63) is 0 Å². The molecule has 0 amide bonds. The first-order valence-corrected chi connectivity index (χ1v) is 8.46. The summed E-state index contributed by atoms with van der Waals surface area (Å²) >= 11 is 9.33. The quantitative estimate of drug-likeness (QED) is 0.345. The molecule has 0 spiro atoms. The number of hydrogen-bond donors (Lipinski definition) is 0. The zero-order valence-electron chi connectivity index (χ0n) is 11.9. The van der Waals surface area contributed by atoms with Crippen LogP contribution in [0.1, 0.15) is 79.1 Å². The second kappa shape index (κ2) is 5.98. The van der Waals surface area contributed by atoms with Crippen LogP contribution in [0.4, 0.5) is 0 Å². The maximum atomic E-state index is 6.70. The van der Waals surface area contributed by atoms with Gasteiger partial charge in [0, 0.05) is 8.30 Å². The van der Waals surface area contributed by atoms with Crippen molar-refractivity contribution in [1.29, 1.82) is 0 Å². The molecule has 2 atom stereocenters. The van der Waals surface area contributed by atoms with Crippen LogP contribution < -0.4 is 0 Å². The summed E-state index contributed by atoms with van der Waals surface area (Å²) in [6.45, 7) is 9.44. The predicted molar refractivity (Wildman–Crippen MR) is 87.4 cm³/mol. The molecule has 1 aliphatic carbocycles. The Kier molecular flexibility index (Phi) is 5.66. The Morgan fingerprint density at radius 3 is 2.00 bits per heavy atom. The minimum atomic E-state index is -0.00361. The van der Waals surface area contributed by atoms with Crippen molar-refractivity contribution in [3.63, 3.8) is 0 Å². The molecular formula is C15H28ClI.